The Morgan fingerprint density at radius 2 is 2.10 bits per heavy atom. The van der Waals surface area contributed by atoms with Crippen LogP contribution in [0.3, 0.4) is 0 Å². The molecule has 0 aliphatic heterocycles. The minimum absolute atomic E-state index is 0.0709. The number of halogens is 1. The molecule has 20 heavy (non-hydrogen) atoms. The Hall–Kier alpha value is -0.920. The average molecular weight is 337 g/mol. The lowest BCUT2D eigenvalue weighted by Crippen LogP contribution is -2.32. The fraction of sp³-hybridized carbons (Fsp3) is 0.417. The molecule has 0 aliphatic rings. The van der Waals surface area contributed by atoms with Crippen molar-refractivity contribution in [3.8, 4) is 0 Å². The van der Waals surface area contributed by atoms with E-state index in [1.807, 2.05) is 13.0 Å². The summed E-state index contributed by atoms with van der Waals surface area (Å²) < 4.78 is 21.9. The first-order chi connectivity index (χ1) is 9.31. The predicted octanol–water partition coefficient (Wildman–Crippen LogP) is 2.62. The summed E-state index contributed by atoms with van der Waals surface area (Å²) in [5.41, 5.74) is 0.612. The summed E-state index contributed by atoms with van der Waals surface area (Å²) in [4.78, 5) is 12.6. The van der Waals surface area contributed by atoms with Gasteiger partial charge < -0.3 is 10.6 Å². The minimum Gasteiger partial charge on any atom is -0.337 e. The van der Waals surface area contributed by atoms with Gasteiger partial charge in [0.05, 0.1) is 11.4 Å². The second kappa shape index (κ2) is 7.75. The standard InChI is InChI=1S/C12H17ClN2O3S2/c1-3-19-11-5-4-9(13)8-10(11)15-12(16)14-6-7-20(2,17)18/h4-5,8H,3,6-7H2,1-2H3,(H2,14,15,16). The Morgan fingerprint density at radius 1 is 1.40 bits per heavy atom. The highest BCUT2D eigenvalue weighted by atomic mass is 35.5. The summed E-state index contributed by atoms with van der Waals surface area (Å²) in [6, 6.07) is 4.80. The maximum atomic E-state index is 11.7. The normalized spacial score (nSPS) is 11.2. The minimum atomic E-state index is -3.08. The fourth-order valence-corrected chi connectivity index (χ4v) is 2.78. The molecule has 0 saturated heterocycles. The van der Waals surface area contributed by atoms with Crippen molar-refractivity contribution in [2.75, 3.05) is 29.6 Å². The van der Waals surface area contributed by atoms with Crippen LogP contribution in [0, 0.1) is 0 Å². The zero-order valence-electron chi connectivity index (χ0n) is 11.3. The Labute approximate surface area is 128 Å². The number of thioether (sulfide) groups is 1. The van der Waals surface area contributed by atoms with E-state index < -0.39 is 15.9 Å². The largest absolute Gasteiger partial charge is 0.337 e. The van der Waals surface area contributed by atoms with Crippen LogP contribution in [0.5, 0.6) is 0 Å². The molecule has 0 atom stereocenters. The fourth-order valence-electron chi connectivity index (χ4n) is 1.40. The molecule has 1 aromatic rings. The van der Waals surface area contributed by atoms with E-state index in [9.17, 15) is 13.2 Å². The number of sulfone groups is 1. The Morgan fingerprint density at radius 3 is 2.70 bits per heavy atom. The summed E-state index contributed by atoms with van der Waals surface area (Å²) >= 11 is 7.49. The number of rotatable bonds is 6. The maximum absolute atomic E-state index is 11.7. The molecule has 0 spiro atoms. The van der Waals surface area contributed by atoms with E-state index in [4.69, 9.17) is 11.6 Å². The smallest absolute Gasteiger partial charge is 0.319 e. The van der Waals surface area contributed by atoms with Gasteiger partial charge in [-0.2, -0.15) is 0 Å². The lowest BCUT2D eigenvalue weighted by Gasteiger charge is -2.11. The van der Waals surface area contributed by atoms with Gasteiger partial charge in [-0.1, -0.05) is 18.5 Å². The molecule has 0 bridgehead atoms. The predicted molar refractivity (Wildman–Crippen MR) is 84.6 cm³/mol. The molecule has 0 aromatic heterocycles. The zero-order valence-corrected chi connectivity index (χ0v) is 13.7. The SMILES string of the molecule is CCSc1ccc(Cl)cc1NC(=O)NCCS(C)(=O)=O. The Bertz CT molecular complexity index is 576. The van der Waals surface area contributed by atoms with Gasteiger partial charge in [-0.3, -0.25) is 0 Å². The molecule has 8 heteroatoms. The molecule has 0 saturated carbocycles. The van der Waals surface area contributed by atoms with Crippen LogP contribution in [0.1, 0.15) is 6.92 Å². The molecule has 0 radical (unpaired) electrons. The molecule has 2 amide bonds. The Balaban J connectivity index is 2.63. The molecule has 1 rings (SSSR count). The van der Waals surface area contributed by atoms with Crippen molar-refractivity contribution >= 4 is 44.9 Å². The number of urea groups is 1. The first-order valence-electron chi connectivity index (χ1n) is 5.96. The van der Waals surface area contributed by atoms with Crippen LogP contribution in [0.2, 0.25) is 5.02 Å². The topological polar surface area (TPSA) is 75.3 Å². The van der Waals surface area contributed by atoms with Gasteiger partial charge in [-0.05, 0) is 24.0 Å². The molecule has 5 nitrogen and oxygen atoms in total. The lowest BCUT2D eigenvalue weighted by atomic mass is 10.3. The van der Waals surface area contributed by atoms with Crippen molar-refractivity contribution in [3.63, 3.8) is 0 Å². The van der Waals surface area contributed by atoms with Gasteiger partial charge in [-0.25, -0.2) is 13.2 Å². The van der Waals surface area contributed by atoms with E-state index in [-0.39, 0.29) is 12.3 Å². The molecular formula is C12H17ClN2O3S2. The quantitative estimate of drug-likeness (QED) is 0.783. The molecule has 2 N–H and O–H groups in total. The lowest BCUT2D eigenvalue weighted by molar-refractivity contribution is 0.252. The number of carbonyl (C=O) groups excluding carboxylic acids is 1. The van der Waals surface area contributed by atoms with Crippen molar-refractivity contribution < 1.29 is 13.2 Å². The third-order valence-electron chi connectivity index (χ3n) is 2.25. The van der Waals surface area contributed by atoms with Crippen LogP contribution in [0.15, 0.2) is 23.1 Å². The van der Waals surface area contributed by atoms with Crippen LogP contribution >= 0.6 is 23.4 Å². The van der Waals surface area contributed by atoms with Crippen LogP contribution in [0.25, 0.3) is 0 Å². The first-order valence-corrected chi connectivity index (χ1v) is 9.39. The number of benzene rings is 1. The third kappa shape index (κ3) is 6.49. The summed E-state index contributed by atoms with van der Waals surface area (Å²) in [7, 11) is -3.08. The number of hydrogen-bond donors (Lipinski definition) is 2. The number of hydrogen-bond acceptors (Lipinski definition) is 4. The van der Waals surface area contributed by atoms with Crippen LogP contribution in [-0.4, -0.2) is 38.8 Å². The van der Waals surface area contributed by atoms with E-state index in [0.717, 1.165) is 16.9 Å². The zero-order chi connectivity index (χ0) is 15.2. The highest BCUT2D eigenvalue weighted by molar-refractivity contribution is 7.99. The van der Waals surface area contributed by atoms with Gasteiger partial charge in [0.15, 0.2) is 0 Å². The van der Waals surface area contributed by atoms with Gasteiger partial charge in [0.25, 0.3) is 0 Å². The highest BCUT2D eigenvalue weighted by Gasteiger charge is 2.09. The average Bonchev–Trinajstić information content (AvgIpc) is 2.31. The van der Waals surface area contributed by atoms with Crippen molar-refractivity contribution in [2.45, 2.75) is 11.8 Å². The third-order valence-corrected chi connectivity index (χ3v) is 4.38. The van der Waals surface area contributed by atoms with E-state index >= 15 is 0 Å². The van der Waals surface area contributed by atoms with E-state index in [1.54, 1.807) is 23.9 Å². The van der Waals surface area contributed by atoms with Gasteiger partial charge in [-0.15, -0.1) is 11.8 Å². The number of carbonyl (C=O) groups is 1. The van der Waals surface area contributed by atoms with Crippen LogP contribution in [0.4, 0.5) is 10.5 Å². The van der Waals surface area contributed by atoms with Crippen LogP contribution in [-0.2, 0) is 9.84 Å². The monoisotopic (exact) mass is 336 g/mol. The van der Waals surface area contributed by atoms with E-state index in [1.165, 1.54) is 0 Å². The van der Waals surface area contributed by atoms with Gasteiger partial charge in [0, 0.05) is 22.7 Å². The molecule has 0 aliphatic carbocycles. The number of anilines is 1. The van der Waals surface area contributed by atoms with E-state index in [2.05, 4.69) is 10.6 Å². The van der Waals surface area contributed by atoms with Crippen molar-refractivity contribution in [1.82, 2.24) is 5.32 Å². The molecule has 0 unspecified atom stereocenters. The van der Waals surface area contributed by atoms with Crippen molar-refractivity contribution in [1.29, 1.82) is 0 Å². The Kier molecular flexibility index (Phi) is 6.64. The van der Waals surface area contributed by atoms with Crippen molar-refractivity contribution in [3.05, 3.63) is 23.2 Å². The first kappa shape index (κ1) is 17.1. The second-order valence-corrected chi connectivity index (χ2v) is 8.09. The molecule has 1 aromatic carbocycles. The van der Waals surface area contributed by atoms with Crippen LogP contribution < -0.4 is 10.6 Å². The number of nitrogens with one attached hydrogen (secondary N) is 2. The molecular weight excluding hydrogens is 320 g/mol. The maximum Gasteiger partial charge on any atom is 0.319 e. The van der Waals surface area contributed by atoms with Gasteiger partial charge in [0.2, 0.25) is 0 Å². The molecule has 0 fully saturated rings. The van der Waals surface area contributed by atoms with E-state index in [0.29, 0.717) is 10.7 Å². The van der Waals surface area contributed by atoms with Gasteiger partial charge in [0.1, 0.15) is 9.84 Å². The number of amides is 2. The van der Waals surface area contributed by atoms with Gasteiger partial charge >= 0.3 is 6.03 Å². The molecule has 0 heterocycles. The molecule has 112 valence electrons. The highest BCUT2D eigenvalue weighted by Crippen LogP contribution is 2.29. The summed E-state index contributed by atoms with van der Waals surface area (Å²) in [5.74, 6) is 0.776. The summed E-state index contributed by atoms with van der Waals surface area (Å²) in [5, 5.41) is 5.69. The summed E-state index contributed by atoms with van der Waals surface area (Å²) in [6.45, 7) is 2.08. The second-order valence-electron chi connectivity index (χ2n) is 4.08. The summed E-state index contributed by atoms with van der Waals surface area (Å²) in [6.07, 6.45) is 1.12. The van der Waals surface area contributed by atoms with Crippen molar-refractivity contribution in [2.24, 2.45) is 0 Å².